The summed E-state index contributed by atoms with van der Waals surface area (Å²) in [6.07, 6.45) is 2.22. The first kappa shape index (κ1) is 12.9. The van der Waals surface area contributed by atoms with Gasteiger partial charge in [-0.05, 0) is 24.5 Å². The Hall–Kier alpha value is -1.53. The van der Waals surface area contributed by atoms with Gasteiger partial charge >= 0.3 is 5.69 Å². The molecule has 0 unspecified atom stereocenters. The van der Waals surface area contributed by atoms with Crippen LogP contribution in [0.15, 0.2) is 18.2 Å². The molecule has 1 aromatic rings. The molecule has 5 nitrogen and oxygen atoms in total. The number of benzene rings is 1. The second kappa shape index (κ2) is 5.41. The van der Waals surface area contributed by atoms with Gasteiger partial charge in [-0.25, -0.2) is 0 Å². The minimum Gasteiger partial charge on any atom is -0.381 e. The van der Waals surface area contributed by atoms with E-state index in [1.807, 2.05) is 0 Å². The maximum absolute atomic E-state index is 13.3. The Balaban J connectivity index is 1.87. The van der Waals surface area contributed by atoms with Crippen LogP contribution in [0.5, 0.6) is 0 Å². The normalized spacial score (nSPS) is 22.6. The zero-order chi connectivity index (χ0) is 13.1. The molecule has 0 radical (unpaired) electrons. The first-order valence-electron chi connectivity index (χ1n) is 5.79. The second-order valence-corrected chi connectivity index (χ2v) is 4.45. The van der Waals surface area contributed by atoms with Crippen LogP contribution in [0.3, 0.4) is 0 Å². The molecule has 0 amide bonds. The molecule has 0 aromatic heterocycles. The first-order chi connectivity index (χ1) is 8.60. The van der Waals surface area contributed by atoms with E-state index < -0.39 is 16.4 Å². The zero-order valence-electron chi connectivity index (χ0n) is 10.1. The van der Waals surface area contributed by atoms with E-state index in [0.717, 1.165) is 12.8 Å². The van der Waals surface area contributed by atoms with E-state index in [-0.39, 0.29) is 0 Å². The van der Waals surface area contributed by atoms with Crippen LogP contribution in [0.25, 0.3) is 0 Å². The monoisotopic (exact) mass is 254 g/mol. The van der Waals surface area contributed by atoms with Gasteiger partial charge in [0.25, 0.3) is 0 Å². The minimum atomic E-state index is -0.789. The molecule has 1 N–H and O–H groups in total. The molecule has 6 heteroatoms. The van der Waals surface area contributed by atoms with Crippen molar-refractivity contribution in [2.24, 2.45) is 0 Å². The van der Waals surface area contributed by atoms with Crippen LogP contribution < -0.4 is 5.32 Å². The van der Waals surface area contributed by atoms with E-state index >= 15 is 0 Å². The smallest absolute Gasteiger partial charge is 0.304 e. The highest BCUT2D eigenvalue weighted by Crippen LogP contribution is 2.23. The Morgan fingerprint density at radius 1 is 1.56 bits per heavy atom. The molecule has 18 heavy (non-hydrogen) atoms. The Labute approximate surface area is 104 Å². The molecule has 0 aliphatic heterocycles. The van der Waals surface area contributed by atoms with Crippen LogP contribution >= 0.6 is 0 Å². The molecule has 0 bridgehead atoms. The van der Waals surface area contributed by atoms with Gasteiger partial charge in [0, 0.05) is 25.8 Å². The van der Waals surface area contributed by atoms with Crippen LogP contribution in [0.1, 0.15) is 18.4 Å². The van der Waals surface area contributed by atoms with E-state index in [1.165, 1.54) is 12.1 Å². The molecule has 1 aliphatic rings. The molecule has 0 saturated heterocycles. The highest BCUT2D eigenvalue weighted by atomic mass is 19.1. The minimum absolute atomic E-state index is 0.316. The second-order valence-electron chi connectivity index (χ2n) is 4.45. The lowest BCUT2D eigenvalue weighted by Crippen LogP contribution is -2.44. The average Bonchev–Trinajstić information content (AvgIpc) is 2.26. The lowest BCUT2D eigenvalue weighted by molar-refractivity contribution is -0.387. The van der Waals surface area contributed by atoms with Gasteiger partial charge in [0.2, 0.25) is 5.82 Å². The van der Waals surface area contributed by atoms with Crippen molar-refractivity contribution in [3.05, 3.63) is 39.7 Å². The van der Waals surface area contributed by atoms with Gasteiger partial charge in [-0.15, -0.1) is 0 Å². The predicted molar refractivity (Wildman–Crippen MR) is 63.7 cm³/mol. The van der Waals surface area contributed by atoms with E-state index in [1.54, 1.807) is 13.2 Å². The average molecular weight is 254 g/mol. The molecule has 1 aliphatic carbocycles. The van der Waals surface area contributed by atoms with Crippen molar-refractivity contribution in [3.8, 4) is 0 Å². The predicted octanol–water partition coefficient (Wildman–Crippen LogP) is 2.00. The van der Waals surface area contributed by atoms with E-state index in [2.05, 4.69) is 5.32 Å². The number of nitro benzene ring substituents is 1. The van der Waals surface area contributed by atoms with E-state index in [9.17, 15) is 14.5 Å². The van der Waals surface area contributed by atoms with Crippen molar-refractivity contribution < 1.29 is 14.1 Å². The lowest BCUT2D eigenvalue weighted by atomic mass is 9.89. The number of hydrogen-bond donors (Lipinski definition) is 1. The number of hydrogen-bond acceptors (Lipinski definition) is 4. The molecule has 1 aromatic carbocycles. The number of nitrogens with one attached hydrogen (secondary N) is 1. The van der Waals surface area contributed by atoms with E-state index in [0.29, 0.717) is 24.3 Å². The van der Waals surface area contributed by atoms with Crippen molar-refractivity contribution in [2.45, 2.75) is 31.5 Å². The molecule has 0 spiro atoms. The molecular formula is C12H15FN2O3. The van der Waals surface area contributed by atoms with Crippen molar-refractivity contribution in [3.63, 3.8) is 0 Å². The van der Waals surface area contributed by atoms with Crippen LogP contribution in [0.2, 0.25) is 0 Å². The third-order valence-corrected chi connectivity index (χ3v) is 3.23. The molecule has 1 fully saturated rings. The standard InChI is InChI=1S/C12H15FN2O3/c1-18-10-5-9(6-10)14-7-8-2-3-12(15(16)17)11(13)4-8/h2-4,9-10,14H,5-7H2,1H3. The first-order valence-corrected chi connectivity index (χ1v) is 5.79. The summed E-state index contributed by atoms with van der Waals surface area (Å²) in [5, 5.41) is 13.7. The van der Waals surface area contributed by atoms with Crippen molar-refractivity contribution in [2.75, 3.05) is 7.11 Å². The largest absolute Gasteiger partial charge is 0.381 e. The van der Waals surface area contributed by atoms with Gasteiger partial charge in [-0.2, -0.15) is 4.39 Å². The Kier molecular flexibility index (Phi) is 3.88. The summed E-state index contributed by atoms with van der Waals surface area (Å²) in [7, 11) is 1.69. The van der Waals surface area contributed by atoms with E-state index in [4.69, 9.17) is 4.74 Å². The summed E-state index contributed by atoms with van der Waals surface area (Å²) in [5.74, 6) is -0.789. The lowest BCUT2D eigenvalue weighted by Gasteiger charge is -2.34. The molecular weight excluding hydrogens is 239 g/mol. The maximum atomic E-state index is 13.3. The number of nitro groups is 1. The van der Waals surface area contributed by atoms with Gasteiger partial charge in [-0.1, -0.05) is 6.07 Å². The maximum Gasteiger partial charge on any atom is 0.304 e. The summed E-state index contributed by atoms with van der Waals surface area (Å²) in [4.78, 5) is 9.74. The third kappa shape index (κ3) is 2.83. The highest BCUT2D eigenvalue weighted by molar-refractivity contribution is 5.34. The third-order valence-electron chi connectivity index (χ3n) is 3.23. The number of methoxy groups -OCH3 is 1. The van der Waals surface area contributed by atoms with Gasteiger partial charge in [0.15, 0.2) is 0 Å². The summed E-state index contributed by atoms with van der Waals surface area (Å²) in [6, 6.07) is 4.36. The van der Waals surface area contributed by atoms with Gasteiger partial charge < -0.3 is 10.1 Å². The molecule has 98 valence electrons. The number of rotatable bonds is 5. The van der Waals surface area contributed by atoms with Gasteiger partial charge in [0.1, 0.15) is 0 Å². The zero-order valence-corrected chi connectivity index (χ0v) is 10.1. The van der Waals surface area contributed by atoms with Crippen LogP contribution in [0.4, 0.5) is 10.1 Å². The number of nitrogens with zero attached hydrogens (tertiary/aromatic N) is 1. The number of ether oxygens (including phenoxy) is 1. The highest BCUT2D eigenvalue weighted by Gasteiger charge is 2.28. The van der Waals surface area contributed by atoms with Gasteiger partial charge in [-0.3, -0.25) is 10.1 Å². The molecule has 0 atom stereocenters. The molecule has 0 heterocycles. The summed E-state index contributed by atoms with van der Waals surface area (Å²) < 4.78 is 18.5. The summed E-state index contributed by atoms with van der Waals surface area (Å²) >= 11 is 0. The Bertz CT molecular complexity index is 447. The van der Waals surface area contributed by atoms with Crippen LogP contribution in [-0.4, -0.2) is 24.2 Å². The molecule has 1 saturated carbocycles. The summed E-state index contributed by atoms with van der Waals surface area (Å²) in [6.45, 7) is 0.510. The van der Waals surface area contributed by atoms with Crippen molar-refractivity contribution in [1.82, 2.24) is 5.32 Å². The Morgan fingerprint density at radius 2 is 2.28 bits per heavy atom. The van der Waals surface area contributed by atoms with Crippen molar-refractivity contribution in [1.29, 1.82) is 0 Å². The SMILES string of the molecule is COC1CC(NCc2ccc([N+](=O)[O-])c(F)c2)C1. The fourth-order valence-corrected chi connectivity index (χ4v) is 2.00. The Morgan fingerprint density at radius 3 is 2.83 bits per heavy atom. The number of halogens is 1. The summed E-state index contributed by atoms with van der Waals surface area (Å²) in [5.41, 5.74) is 0.223. The topological polar surface area (TPSA) is 64.4 Å². The molecule has 2 rings (SSSR count). The van der Waals surface area contributed by atoms with Crippen LogP contribution in [-0.2, 0) is 11.3 Å². The van der Waals surface area contributed by atoms with Crippen molar-refractivity contribution >= 4 is 5.69 Å². The van der Waals surface area contributed by atoms with Gasteiger partial charge in [0.05, 0.1) is 11.0 Å². The fourth-order valence-electron chi connectivity index (χ4n) is 2.00. The van der Waals surface area contributed by atoms with Crippen LogP contribution in [0, 0.1) is 15.9 Å². The fraction of sp³-hybridized carbons (Fsp3) is 0.500. The quantitative estimate of drug-likeness (QED) is 0.644.